The molecule has 1 amide bonds. The molecule has 0 spiro atoms. The minimum atomic E-state index is -0.963. The van der Waals surface area contributed by atoms with Crippen molar-refractivity contribution in [3.8, 4) is 0 Å². The fourth-order valence-corrected chi connectivity index (χ4v) is 1.71. The first kappa shape index (κ1) is 15.4. The first-order valence-corrected chi connectivity index (χ1v) is 6.09. The van der Waals surface area contributed by atoms with Crippen LogP contribution in [0.25, 0.3) is 0 Å². The summed E-state index contributed by atoms with van der Waals surface area (Å²) < 4.78 is 26.8. The Balaban J connectivity index is 2.89. The lowest BCUT2D eigenvalue weighted by Crippen LogP contribution is -2.27. The number of carbonyl (C=O) groups excluding carboxylic acids is 1. The lowest BCUT2D eigenvalue weighted by molar-refractivity contribution is 0.0996. The Morgan fingerprint density at radius 1 is 1.32 bits per heavy atom. The number of halogens is 2. The van der Waals surface area contributed by atoms with E-state index in [9.17, 15) is 13.6 Å². The van der Waals surface area contributed by atoms with Gasteiger partial charge in [-0.15, -0.1) is 0 Å². The molecule has 0 aliphatic rings. The summed E-state index contributed by atoms with van der Waals surface area (Å²) in [5, 5.41) is 2.84. The van der Waals surface area contributed by atoms with E-state index in [0.29, 0.717) is 25.1 Å². The summed E-state index contributed by atoms with van der Waals surface area (Å²) in [6.07, 6.45) is 0. The normalized spacial score (nSPS) is 12.5. The second-order valence-corrected chi connectivity index (χ2v) is 4.80. The molecule has 1 rings (SSSR count). The molecule has 19 heavy (non-hydrogen) atoms. The molecule has 0 bridgehead atoms. The van der Waals surface area contributed by atoms with Gasteiger partial charge in [-0.2, -0.15) is 0 Å². The monoisotopic (exact) mass is 271 g/mol. The number of nitrogens with two attached hydrogens (primary N) is 2. The Labute approximate surface area is 111 Å². The fraction of sp³-hybridized carbons (Fsp3) is 0.462. The van der Waals surface area contributed by atoms with Crippen LogP contribution in [-0.4, -0.2) is 19.0 Å². The molecule has 106 valence electrons. The average molecular weight is 271 g/mol. The molecule has 0 saturated carbocycles. The van der Waals surface area contributed by atoms with Gasteiger partial charge in [0.1, 0.15) is 11.6 Å². The molecule has 0 heterocycles. The Hall–Kier alpha value is -1.69. The van der Waals surface area contributed by atoms with Gasteiger partial charge < -0.3 is 16.8 Å². The Morgan fingerprint density at radius 3 is 2.42 bits per heavy atom. The van der Waals surface area contributed by atoms with Crippen LogP contribution >= 0.6 is 0 Å². The van der Waals surface area contributed by atoms with Gasteiger partial charge in [0.15, 0.2) is 0 Å². The quantitative estimate of drug-likeness (QED) is 0.736. The van der Waals surface area contributed by atoms with Crippen molar-refractivity contribution in [1.82, 2.24) is 0 Å². The van der Waals surface area contributed by atoms with E-state index in [4.69, 9.17) is 11.5 Å². The maximum atomic E-state index is 13.6. The summed E-state index contributed by atoms with van der Waals surface area (Å²) in [5.41, 5.74) is 10.3. The molecule has 0 aromatic heterocycles. The molecule has 0 saturated heterocycles. The summed E-state index contributed by atoms with van der Waals surface area (Å²) in [5.74, 6) is -2.17. The van der Waals surface area contributed by atoms with E-state index in [1.54, 1.807) is 0 Å². The minimum absolute atomic E-state index is 0.0503. The molecule has 6 heteroatoms. The molecule has 1 aromatic carbocycles. The third-order valence-corrected chi connectivity index (χ3v) is 3.12. The highest BCUT2D eigenvalue weighted by Gasteiger charge is 2.16. The molecular formula is C13H19F2N3O. The standard InChI is InChI=1S/C13H19F2N3O/c1-7(2)8(5-16)6-18-12-3-9(13(17)19)10(14)4-11(12)15/h3-4,7-8,18H,5-6,16H2,1-2H3,(H2,17,19). The van der Waals surface area contributed by atoms with Crippen LogP contribution in [-0.2, 0) is 0 Å². The second-order valence-electron chi connectivity index (χ2n) is 4.80. The molecule has 4 nitrogen and oxygen atoms in total. The maximum absolute atomic E-state index is 13.6. The van der Waals surface area contributed by atoms with Crippen molar-refractivity contribution in [1.29, 1.82) is 0 Å². The van der Waals surface area contributed by atoms with Crippen molar-refractivity contribution in [2.24, 2.45) is 23.3 Å². The van der Waals surface area contributed by atoms with E-state index in [-0.39, 0.29) is 17.2 Å². The summed E-state index contributed by atoms with van der Waals surface area (Å²) in [6, 6.07) is 1.73. The van der Waals surface area contributed by atoms with Gasteiger partial charge >= 0.3 is 0 Å². The predicted octanol–water partition coefficient (Wildman–Crippen LogP) is 1.71. The summed E-state index contributed by atoms with van der Waals surface area (Å²) in [7, 11) is 0. The number of primary amides is 1. The highest BCUT2D eigenvalue weighted by molar-refractivity contribution is 5.94. The SMILES string of the molecule is CC(C)C(CN)CNc1cc(C(N)=O)c(F)cc1F. The Kier molecular flexibility index (Phi) is 5.23. The number of amides is 1. The summed E-state index contributed by atoms with van der Waals surface area (Å²) >= 11 is 0. The summed E-state index contributed by atoms with van der Waals surface area (Å²) in [6.45, 7) is 4.91. The molecule has 0 radical (unpaired) electrons. The van der Waals surface area contributed by atoms with Crippen molar-refractivity contribution in [3.05, 3.63) is 29.3 Å². The second kappa shape index (κ2) is 6.47. The topological polar surface area (TPSA) is 81.1 Å². The van der Waals surface area contributed by atoms with E-state index >= 15 is 0 Å². The van der Waals surface area contributed by atoms with Crippen molar-refractivity contribution < 1.29 is 13.6 Å². The van der Waals surface area contributed by atoms with Crippen LogP contribution < -0.4 is 16.8 Å². The molecule has 1 atom stereocenters. The molecular weight excluding hydrogens is 252 g/mol. The van der Waals surface area contributed by atoms with Crippen LogP contribution in [0, 0.1) is 23.5 Å². The highest BCUT2D eigenvalue weighted by atomic mass is 19.1. The van der Waals surface area contributed by atoms with Crippen LogP contribution in [0.15, 0.2) is 12.1 Å². The maximum Gasteiger partial charge on any atom is 0.251 e. The Bertz CT molecular complexity index is 463. The fourth-order valence-electron chi connectivity index (χ4n) is 1.71. The van der Waals surface area contributed by atoms with Crippen LogP contribution in [0.1, 0.15) is 24.2 Å². The number of anilines is 1. The third kappa shape index (κ3) is 3.89. The predicted molar refractivity (Wildman–Crippen MR) is 70.7 cm³/mol. The van der Waals surface area contributed by atoms with Gasteiger partial charge in [-0.25, -0.2) is 8.78 Å². The van der Waals surface area contributed by atoms with Crippen LogP contribution in [0.2, 0.25) is 0 Å². The number of benzene rings is 1. The van der Waals surface area contributed by atoms with E-state index < -0.39 is 17.5 Å². The molecule has 0 fully saturated rings. The largest absolute Gasteiger partial charge is 0.382 e. The van der Waals surface area contributed by atoms with Crippen LogP contribution in [0.4, 0.5) is 14.5 Å². The van der Waals surface area contributed by atoms with E-state index in [1.807, 2.05) is 13.8 Å². The van der Waals surface area contributed by atoms with Gasteiger partial charge in [0, 0.05) is 12.6 Å². The van der Waals surface area contributed by atoms with Crippen molar-refractivity contribution in [2.75, 3.05) is 18.4 Å². The first-order valence-electron chi connectivity index (χ1n) is 6.09. The van der Waals surface area contributed by atoms with Crippen LogP contribution in [0.5, 0.6) is 0 Å². The first-order chi connectivity index (χ1) is 8.86. The zero-order valence-electron chi connectivity index (χ0n) is 11.0. The zero-order chi connectivity index (χ0) is 14.6. The molecule has 1 unspecified atom stereocenters. The molecule has 0 aliphatic heterocycles. The third-order valence-electron chi connectivity index (χ3n) is 3.12. The van der Waals surface area contributed by atoms with E-state index in [1.165, 1.54) is 0 Å². The molecule has 5 N–H and O–H groups in total. The van der Waals surface area contributed by atoms with Gasteiger partial charge in [-0.05, 0) is 24.4 Å². The number of hydrogen-bond donors (Lipinski definition) is 3. The van der Waals surface area contributed by atoms with Crippen molar-refractivity contribution in [3.63, 3.8) is 0 Å². The van der Waals surface area contributed by atoms with Gasteiger partial charge in [-0.3, -0.25) is 4.79 Å². The molecule has 0 aliphatic carbocycles. The highest BCUT2D eigenvalue weighted by Crippen LogP contribution is 2.20. The molecule has 1 aromatic rings. The lowest BCUT2D eigenvalue weighted by atomic mass is 9.96. The zero-order valence-corrected chi connectivity index (χ0v) is 11.0. The summed E-state index contributed by atoms with van der Waals surface area (Å²) in [4.78, 5) is 11.0. The number of nitrogens with one attached hydrogen (secondary N) is 1. The van der Waals surface area contributed by atoms with Gasteiger partial charge in [0.25, 0.3) is 5.91 Å². The van der Waals surface area contributed by atoms with E-state index in [2.05, 4.69) is 5.32 Å². The van der Waals surface area contributed by atoms with Gasteiger partial charge in [0.05, 0.1) is 11.3 Å². The lowest BCUT2D eigenvalue weighted by Gasteiger charge is -2.20. The Morgan fingerprint density at radius 2 is 1.95 bits per heavy atom. The average Bonchev–Trinajstić information content (AvgIpc) is 2.31. The minimum Gasteiger partial charge on any atom is -0.382 e. The number of carbonyl (C=O) groups is 1. The van der Waals surface area contributed by atoms with Gasteiger partial charge in [-0.1, -0.05) is 13.8 Å². The number of rotatable bonds is 6. The van der Waals surface area contributed by atoms with Crippen molar-refractivity contribution in [2.45, 2.75) is 13.8 Å². The smallest absolute Gasteiger partial charge is 0.251 e. The van der Waals surface area contributed by atoms with E-state index in [0.717, 1.165) is 6.07 Å². The van der Waals surface area contributed by atoms with Crippen molar-refractivity contribution >= 4 is 11.6 Å². The van der Waals surface area contributed by atoms with Crippen LogP contribution in [0.3, 0.4) is 0 Å². The number of hydrogen-bond acceptors (Lipinski definition) is 3. The van der Waals surface area contributed by atoms with Gasteiger partial charge in [0.2, 0.25) is 0 Å².